The van der Waals surface area contributed by atoms with Crippen molar-refractivity contribution in [3.8, 4) is 5.75 Å². The van der Waals surface area contributed by atoms with E-state index in [9.17, 15) is 4.79 Å². The van der Waals surface area contributed by atoms with E-state index in [1.54, 1.807) is 11.3 Å². The van der Waals surface area contributed by atoms with Crippen molar-refractivity contribution in [1.82, 2.24) is 9.88 Å². The summed E-state index contributed by atoms with van der Waals surface area (Å²) in [7, 11) is 0. The maximum absolute atomic E-state index is 12.5. The summed E-state index contributed by atoms with van der Waals surface area (Å²) in [5.74, 6) is 0.782. The first-order valence-corrected chi connectivity index (χ1v) is 10.4. The molecule has 0 N–H and O–H groups in total. The highest BCUT2D eigenvalue weighted by Crippen LogP contribution is 2.32. The van der Waals surface area contributed by atoms with E-state index < -0.39 is 0 Å². The summed E-state index contributed by atoms with van der Waals surface area (Å²) in [6.07, 6.45) is 0. The number of nitrogens with zero attached hydrogens (tertiary/aromatic N) is 3. The van der Waals surface area contributed by atoms with Crippen LogP contribution in [0.1, 0.15) is 16.7 Å². The number of amides is 1. The number of thiazole rings is 1. The standard InChI is InChI=1S/C22H25N3O2S/c1-15-5-4-6-18(12-15)27-14-20(26)24-7-9-25(10-8-24)22-23-21-17(3)11-16(2)13-19(21)28-22/h4-6,11-13H,7-10,14H2,1-3H3. The van der Waals surface area contributed by atoms with Crippen molar-refractivity contribution in [2.75, 3.05) is 37.7 Å². The van der Waals surface area contributed by atoms with Crippen molar-refractivity contribution < 1.29 is 9.53 Å². The fraction of sp³-hybridized carbons (Fsp3) is 0.364. The molecule has 2 aromatic carbocycles. The summed E-state index contributed by atoms with van der Waals surface area (Å²) >= 11 is 1.74. The average Bonchev–Trinajstić information content (AvgIpc) is 3.11. The molecule has 3 aromatic rings. The molecular formula is C22H25N3O2S. The number of aryl methyl sites for hydroxylation is 3. The molecule has 0 spiro atoms. The zero-order chi connectivity index (χ0) is 19.7. The Morgan fingerprint density at radius 2 is 1.86 bits per heavy atom. The van der Waals surface area contributed by atoms with Crippen molar-refractivity contribution in [3.63, 3.8) is 0 Å². The smallest absolute Gasteiger partial charge is 0.260 e. The first-order valence-electron chi connectivity index (χ1n) is 9.59. The lowest BCUT2D eigenvalue weighted by atomic mass is 10.1. The van der Waals surface area contributed by atoms with Crippen LogP contribution >= 0.6 is 11.3 Å². The number of benzene rings is 2. The van der Waals surface area contributed by atoms with Crippen molar-refractivity contribution in [1.29, 1.82) is 0 Å². The highest BCUT2D eigenvalue weighted by molar-refractivity contribution is 7.22. The van der Waals surface area contributed by atoms with Crippen molar-refractivity contribution in [3.05, 3.63) is 53.1 Å². The third-order valence-electron chi connectivity index (χ3n) is 5.07. The Morgan fingerprint density at radius 3 is 2.61 bits per heavy atom. The molecule has 1 amide bonds. The van der Waals surface area contributed by atoms with Crippen LogP contribution in [0.2, 0.25) is 0 Å². The topological polar surface area (TPSA) is 45.7 Å². The van der Waals surface area contributed by atoms with Gasteiger partial charge in [-0.1, -0.05) is 29.5 Å². The first kappa shape index (κ1) is 18.7. The molecule has 146 valence electrons. The summed E-state index contributed by atoms with van der Waals surface area (Å²) in [4.78, 5) is 21.5. The minimum Gasteiger partial charge on any atom is -0.484 e. The van der Waals surface area contributed by atoms with Gasteiger partial charge in [0.25, 0.3) is 5.91 Å². The van der Waals surface area contributed by atoms with E-state index in [0.717, 1.165) is 35.1 Å². The Hall–Kier alpha value is -2.60. The van der Waals surface area contributed by atoms with Crippen LogP contribution in [-0.4, -0.2) is 48.6 Å². The number of piperazine rings is 1. The molecule has 0 bridgehead atoms. The van der Waals surface area contributed by atoms with Gasteiger partial charge in [0, 0.05) is 26.2 Å². The summed E-state index contributed by atoms with van der Waals surface area (Å²) in [5.41, 5.74) is 4.71. The van der Waals surface area contributed by atoms with E-state index in [4.69, 9.17) is 9.72 Å². The minimum absolute atomic E-state index is 0.0388. The largest absolute Gasteiger partial charge is 0.484 e. The highest BCUT2D eigenvalue weighted by Gasteiger charge is 2.23. The minimum atomic E-state index is 0.0388. The number of rotatable bonds is 4. The molecule has 1 fully saturated rings. The molecule has 0 radical (unpaired) electrons. The zero-order valence-electron chi connectivity index (χ0n) is 16.6. The number of anilines is 1. The van der Waals surface area contributed by atoms with Gasteiger partial charge >= 0.3 is 0 Å². The van der Waals surface area contributed by atoms with E-state index >= 15 is 0 Å². The predicted molar refractivity (Wildman–Crippen MR) is 115 cm³/mol. The second-order valence-electron chi connectivity index (χ2n) is 7.40. The second kappa shape index (κ2) is 7.80. The molecule has 2 heterocycles. The summed E-state index contributed by atoms with van der Waals surface area (Å²) in [6.45, 7) is 9.33. The lowest BCUT2D eigenvalue weighted by Gasteiger charge is -2.34. The third kappa shape index (κ3) is 3.97. The lowest BCUT2D eigenvalue weighted by molar-refractivity contribution is -0.133. The Bertz CT molecular complexity index is 1010. The van der Waals surface area contributed by atoms with E-state index in [2.05, 4.69) is 30.9 Å². The van der Waals surface area contributed by atoms with Gasteiger partial charge in [-0.05, 0) is 55.7 Å². The molecule has 0 atom stereocenters. The molecule has 6 heteroatoms. The van der Waals surface area contributed by atoms with Crippen LogP contribution in [0.25, 0.3) is 10.2 Å². The van der Waals surface area contributed by atoms with Gasteiger partial charge in [-0.2, -0.15) is 0 Å². The van der Waals surface area contributed by atoms with Gasteiger partial charge in [0.15, 0.2) is 11.7 Å². The molecule has 0 aliphatic carbocycles. The lowest BCUT2D eigenvalue weighted by Crippen LogP contribution is -2.50. The van der Waals surface area contributed by atoms with E-state index in [-0.39, 0.29) is 12.5 Å². The molecular weight excluding hydrogens is 370 g/mol. The van der Waals surface area contributed by atoms with E-state index in [1.807, 2.05) is 36.1 Å². The summed E-state index contributed by atoms with van der Waals surface area (Å²) < 4.78 is 6.90. The van der Waals surface area contributed by atoms with E-state index in [0.29, 0.717) is 13.1 Å². The number of carbonyl (C=O) groups is 1. The number of hydrogen-bond donors (Lipinski definition) is 0. The Morgan fingerprint density at radius 1 is 1.07 bits per heavy atom. The fourth-order valence-electron chi connectivity index (χ4n) is 3.58. The SMILES string of the molecule is Cc1cccc(OCC(=O)N2CCN(c3nc4c(C)cc(C)cc4s3)CC2)c1. The molecule has 5 nitrogen and oxygen atoms in total. The molecule has 1 aliphatic rings. The molecule has 0 saturated carbocycles. The maximum Gasteiger partial charge on any atom is 0.260 e. The van der Waals surface area contributed by atoms with Crippen LogP contribution in [0.5, 0.6) is 5.75 Å². The number of carbonyl (C=O) groups excluding carboxylic acids is 1. The van der Waals surface area contributed by atoms with Crippen LogP contribution in [0, 0.1) is 20.8 Å². The first-order chi connectivity index (χ1) is 13.5. The van der Waals surface area contributed by atoms with Gasteiger partial charge in [-0.25, -0.2) is 4.98 Å². The van der Waals surface area contributed by atoms with Gasteiger partial charge in [-0.3, -0.25) is 4.79 Å². The van der Waals surface area contributed by atoms with Gasteiger partial charge in [0.05, 0.1) is 10.2 Å². The number of hydrogen-bond acceptors (Lipinski definition) is 5. The van der Waals surface area contributed by atoms with Crippen LogP contribution in [-0.2, 0) is 4.79 Å². The van der Waals surface area contributed by atoms with Crippen LogP contribution < -0.4 is 9.64 Å². The monoisotopic (exact) mass is 395 g/mol. The van der Waals surface area contributed by atoms with Gasteiger partial charge in [-0.15, -0.1) is 0 Å². The van der Waals surface area contributed by atoms with Crippen molar-refractivity contribution in [2.24, 2.45) is 0 Å². The summed E-state index contributed by atoms with van der Waals surface area (Å²) in [5, 5.41) is 1.05. The zero-order valence-corrected chi connectivity index (χ0v) is 17.4. The highest BCUT2D eigenvalue weighted by atomic mass is 32.1. The van der Waals surface area contributed by atoms with Gasteiger partial charge in [0.2, 0.25) is 0 Å². The Kier molecular flexibility index (Phi) is 5.22. The molecule has 4 rings (SSSR count). The third-order valence-corrected chi connectivity index (χ3v) is 6.14. The van der Waals surface area contributed by atoms with E-state index in [1.165, 1.54) is 15.8 Å². The fourth-order valence-corrected chi connectivity index (χ4v) is 4.78. The average molecular weight is 396 g/mol. The normalized spacial score (nSPS) is 14.5. The Balaban J connectivity index is 1.35. The quantitative estimate of drug-likeness (QED) is 0.671. The van der Waals surface area contributed by atoms with Gasteiger partial charge in [0.1, 0.15) is 5.75 Å². The van der Waals surface area contributed by atoms with Crippen LogP contribution in [0.3, 0.4) is 0 Å². The number of aromatic nitrogens is 1. The predicted octanol–water partition coefficient (Wildman–Crippen LogP) is 3.95. The van der Waals surface area contributed by atoms with Crippen molar-refractivity contribution in [2.45, 2.75) is 20.8 Å². The molecule has 1 aromatic heterocycles. The molecule has 28 heavy (non-hydrogen) atoms. The summed E-state index contributed by atoms with van der Waals surface area (Å²) in [6, 6.07) is 12.2. The molecule has 1 aliphatic heterocycles. The van der Waals surface area contributed by atoms with Crippen LogP contribution in [0.4, 0.5) is 5.13 Å². The van der Waals surface area contributed by atoms with Crippen LogP contribution in [0.15, 0.2) is 36.4 Å². The maximum atomic E-state index is 12.5. The number of ether oxygens (including phenoxy) is 1. The van der Waals surface area contributed by atoms with Crippen molar-refractivity contribution >= 4 is 32.6 Å². The van der Waals surface area contributed by atoms with Gasteiger partial charge < -0.3 is 14.5 Å². The molecule has 1 saturated heterocycles. The number of fused-ring (bicyclic) bond motifs is 1. The Labute approximate surface area is 169 Å². The second-order valence-corrected chi connectivity index (χ2v) is 8.41. The molecule has 0 unspecified atom stereocenters.